The normalized spacial score (nSPS) is 35.4. The quantitative estimate of drug-likeness (QED) is 0.613. The summed E-state index contributed by atoms with van der Waals surface area (Å²) >= 11 is 3.42. The summed E-state index contributed by atoms with van der Waals surface area (Å²) in [5.74, 6) is 2.47. The molecular formula is C19H23BrN2O. The summed E-state index contributed by atoms with van der Waals surface area (Å²) in [5.41, 5.74) is 3.71. The van der Waals surface area contributed by atoms with Crippen LogP contribution in [0, 0.1) is 23.2 Å². The molecule has 4 aliphatic rings. The van der Waals surface area contributed by atoms with Crippen LogP contribution in [0.15, 0.2) is 33.8 Å². The minimum absolute atomic E-state index is 0.135. The standard InChI is InChI=1S/C19H23BrN2O/c20-17-5-3-13(4-6-17)12-21-22-18(23)19-9-14-1-2-15(10-19)8-16(7-14)11-19/h3-6,12,14-16H,1-2,7-11H2,(H,22,23)/b21-12-/t14-,15+,16?,19?. The molecule has 0 spiro atoms. The van der Waals surface area contributed by atoms with E-state index in [9.17, 15) is 4.79 Å². The number of hydrazone groups is 1. The smallest absolute Gasteiger partial charge is 0.246 e. The highest BCUT2D eigenvalue weighted by Gasteiger charge is 2.52. The second-order valence-corrected chi connectivity index (χ2v) is 8.71. The third kappa shape index (κ3) is 3.10. The van der Waals surface area contributed by atoms with Crippen LogP contribution in [0.25, 0.3) is 0 Å². The summed E-state index contributed by atoms with van der Waals surface area (Å²) < 4.78 is 1.04. The molecule has 5 rings (SSSR count). The molecule has 4 heteroatoms. The lowest BCUT2D eigenvalue weighted by molar-refractivity contribution is -0.138. The fourth-order valence-corrected chi connectivity index (χ4v) is 5.57. The molecule has 4 saturated carbocycles. The van der Waals surface area contributed by atoms with E-state index in [4.69, 9.17) is 0 Å². The van der Waals surface area contributed by atoms with E-state index in [0.717, 1.165) is 47.1 Å². The van der Waals surface area contributed by atoms with E-state index in [2.05, 4.69) is 26.5 Å². The van der Waals surface area contributed by atoms with Gasteiger partial charge in [0.15, 0.2) is 0 Å². The van der Waals surface area contributed by atoms with Gasteiger partial charge in [-0.2, -0.15) is 5.10 Å². The van der Waals surface area contributed by atoms with Crippen LogP contribution in [-0.2, 0) is 4.79 Å². The number of carbonyl (C=O) groups excluding carboxylic acids is 1. The molecule has 4 atom stereocenters. The van der Waals surface area contributed by atoms with Crippen molar-refractivity contribution in [3.63, 3.8) is 0 Å². The van der Waals surface area contributed by atoms with Gasteiger partial charge >= 0.3 is 0 Å². The first kappa shape index (κ1) is 15.4. The second kappa shape index (κ2) is 6.04. The summed E-state index contributed by atoms with van der Waals surface area (Å²) in [4.78, 5) is 12.9. The Kier molecular flexibility index (Phi) is 4.04. The van der Waals surface area contributed by atoms with Crippen molar-refractivity contribution in [1.29, 1.82) is 0 Å². The molecule has 0 radical (unpaired) electrons. The summed E-state index contributed by atoms with van der Waals surface area (Å²) in [5, 5.41) is 4.22. The van der Waals surface area contributed by atoms with E-state index >= 15 is 0 Å². The Morgan fingerprint density at radius 2 is 1.70 bits per heavy atom. The summed E-state index contributed by atoms with van der Waals surface area (Å²) in [6.07, 6.45) is 10.4. The molecule has 0 saturated heterocycles. The van der Waals surface area contributed by atoms with Crippen molar-refractivity contribution in [2.75, 3.05) is 0 Å². The fraction of sp³-hybridized carbons (Fsp3) is 0.579. The van der Waals surface area contributed by atoms with Gasteiger partial charge in [-0.25, -0.2) is 5.43 Å². The highest BCUT2D eigenvalue weighted by Crippen LogP contribution is 2.57. The lowest BCUT2D eigenvalue weighted by Gasteiger charge is -2.46. The average Bonchev–Trinajstić information content (AvgIpc) is 2.75. The van der Waals surface area contributed by atoms with E-state index in [1.165, 1.54) is 25.7 Å². The van der Waals surface area contributed by atoms with Gasteiger partial charge in [0.2, 0.25) is 5.91 Å². The van der Waals surface area contributed by atoms with Gasteiger partial charge in [0.25, 0.3) is 0 Å². The lowest BCUT2D eigenvalue weighted by atomic mass is 9.58. The molecule has 1 aromatic rings. The Morgan fingerprint density at radius 3 is 2.35 bits per heavy atom. The van der Waals surface area contributed by atoms with E-state index in [0.29, 0.717) is 0 Å². The number of fused-ring (bicyclic) bond motifs is 1. The van der Waals surface area contributed by atoms with Gasteiger partial charge < -0.3 is 0 Å². The predicted molar refractivity (Wildman–Crippen MR) is 95.1 cm³/mol. The molecule has 0 heterocycles. The van der Waals surface area contributed by atoms with Crippen LogP contribution in [0.3, 0.4) is 0 Å². The molecule has 0 aliphatic heterocycles. The average molecular weight is 375 g/mol. The van der Waals surface area contributed by atoms with Crippen LogP contribution in [0.1, 0.15) is 50.5 Å². The molecule has 0 aromatic heterocycles. The first-order chi connectivity index (χ1) is 11.1. The zero-order valence-corrected chi connectivity index (χ0v) is 14.9. The molecule has 2 unspecified atom stereocenters. The van der Waals surface area contributed by atoms with Crippen molar-refractivity contribution in [2.24, 2.45) is 28.3 Å². The number of nitrogens with zero attached hydrogens (tertiary/aromatic N) is 1. The minimum atomic E-state index is -0.135. The molecule has 1 aromatic carbocycles. The van der Waals surface area contributed by atoms with Crippen LogP contribution in [0.2, 0.25) is 0 Å². The second-order valence-electron chi connectivity index (χ2n) is 7.79. The van der Waals surface area contributed by atoms with Gasteiger partial charge in [0, 0.05) is 4.47 Å². The lowest BCUT2D eigenvalue weighted by Crippen LogP contribution is -2.47. The summed E-state index contributed by atoms with van der Waals surface area (Å²) in [6.45, 7) is 0. The first-order valence-electron chi connectivity index (χ1n) is 8.72. The maximum Gasteiger partial charge on any atom is 0.246 e. The number of hydrogen-bond acceptors (Lipinski definition) is 2. The Balaban J connectivity index is 1.45. The van der Waals surface area contributed by atoms with E-state index in [-0.39, 0.29) is 11.3 Å². The van der Waals surface area contributed by atoms with Crippen LogP contribution >= 0.6 is 15.9 Å². The maximum atomic E-state index is 12.9. The molecule has 4 aliphatic carbocycles. The molecule has 1 N–H and O–H groups in total. The van der Waals surface area contributed by atoms with Crippen LogP contribution < -0.4 is 5.43 Å². The molecule has 23 heavy (non-hydrogen) atoms. The Morgan fingerprint density at radius 1 is 1.09 bits per heavy atom. The van der Waals surface area contributed by atoms with Crippen molar-refractivity contribution in [3.8, 4) is 0 Å². The third-order valence-electron chi connectivity index (χ3n) is 6.09. The van der Waals surface area contributed by atoms with Crippen LogP contribution in [0.5, 0.6) is 0 Å². The fourth-order valence-electron chi connectivity index (χ4n) is 5.30. The third-order valence-corrected chi connectivity index (χ3v) is 6.61. The predicted octanol–water partition coefficient (Wildman–Crippen LogP) is 4.51. The number of carbonyl (C=O) groups is 1. The monoisotopic (exact) mass is 374 g/mol. The number of benzene rings is 1. The molecule has 4 fully saturated rings. The zero-order valence-electron chi connectivity index (χ0n) is 13.3. The van der Waals surface area contributed by atoms with Gasteiger partial charge in [-0.15, -0.1) is 0 Å². The van der Waals surface area contributed by atoms with Gasteiger partial charge in [-0.05, 0) is 67.6 Å². The molecule has 122 valence electrons. The molecule has 3 nitrogen and oxygen atoms in total. The summed E-state index contributed by atoms with van der Waals surface area (Å²) in [7, 11) is 0. The van der Waals surface area contributed by atoms with E-state index in [1.807, 2.05) is 24.3 Å². The molecule has 4 bridgehead atoms. The SMILES string of the molecule is O=C(N/N=C\c1ccc(Br)cc1)C12CC3C[C@@H](CC[C@@H](C3)C1)C2. The van der Waals surface area contributed by atoms with Gasteiger partial charge in [-0.1, -0.05) is 40.9 Å². The molecule has 1 amide bonds. The largest absolute Gasteiger partial charge is 0.273 e. The number of nitrogens with one attached hydrogen (secondary N) is 1. The Hall–Kier alpha value is -1.16. The topological polar surface area (TPSA) is 41.5 Å². The van der Waals surface area contributed by atoms with Crippen LogP contribution in [-0.4, -0.2) is 12.1 Å². The minimum Gasteiger partial charge on any atom is -0.273 e. The van der Waals surface area contributed by atoms with E-state index < -0.39 is 0 Å². The van der Waals surface area contributed by atoms with Gasteiger partial charge in [0.1, 0.15) is 0 Å². The van der Waals surface area contributed by atoms with Crippen molar-refractivity contribution in [1.82, 2.24) is 5.43 Å². The number of amides is 1. The van der Waals surface area contributed by atoms with Gasteiger partial charge in [-0.3, -0.25) is 4.79 Å². The number of hydrogen-bond donors (Lipinski definition) is 1. The van der Waals surface area contributed by atoms with Crippen molar-refractivity contribution < 1.29 is 4.79 Å². The molecular weight excluding hydrogens is 352 g/mol. The Labute approximate surface area is 146 Å². The van der Waals surface area contributed by atoms with E-state index in [1.54, 1.807) is 6.21 Å². The highest BCUT2D eigenvalue weighted by molar-refractivity contribution is 9.10. The van der Waals surface area contributed by atoms with Crippen molar-refractivity contribution in [2.45, 2.75) is 44.9 Å². The zero-order chi connectivity index (χ0) is 15.9. The summed E-state index contributed by atoms with van der Waals surface area (Å²) in [6, 6.07) is 7.92. The Bertz CT molecular complexity index is 609. The highest BCUT2D eigenvalue weighted by atomic mass is 79.9. The number of rotatable bonds is 3. The van der Waals surface area contributed by atoms with Gasteiger partial charge in [0.05, 0.1) is 11.6 Å². The maximum absolute atomic E-state index is 12.9. The van der Waals surface area contributed by atoms with Crippen molar-refractivity contribution in [3.05, 3.63) is 34.3 Å². The number of halogens is 1. The van der Waals surface area contributed by atoms with Crippen molar-refractivity contribution >= 4 is 28.1 Å². The van der Waals surface area contributed by atoms with Crippen LogP contribution in [0.4, 0.5) is 0 Å². The first-order valence-corrected chi connectivity index (χ1v) is 9.51.